The Morgan fingerprint density at radius 3 is 1.81 bits per heavy atom. The molecule has 0 aliphatic carbocycles. The van der Waals surface area contributed by atoms with Crippen LogP contribution in [-0.4, -0.2) is 72.5 Å². The first kappa shape index (κ1) is 21.8. The number of esters is 4. The van der Waals surface area contributed by atoms with E-state index in [1.807, 2.05) is 0 Å². The molecule has 0 spiro atoms. The smallest absolute Gasteiger partial charge is 0.303 e. The second-order valence-corrected chi connectivity index (χ2v) is 5.53. The highest BCUT2D eigenvalue weighted by Gasteiger charge is 2.54. The predicted molar refractivity (Wildman–Crippen MR) is 79.1 cm³/mol. The molecule has 6 atom stereocenters. The molecule has 0 aromatic rings. The lowest BCUT2D eigenvalue weighted by Gasteiger charge is -2.43. The molecule has 0 saturated carbocycles. The SMILES string of the molecule is CC(=O)OC[C@H](F)C1OC(O)C(OC(C)=O)C(OC(C)=O)C1OC(C)=O. The van der Waals surface area contributed by atoms with Gasteiger partial charge in [0.15, 0.2) is 30.8 Å². The third kappa shape index (κ3) is 6.23. The van der Waals surface area contributed by atoms with Crippen molar-refractivity contribution in [2.75, 3.05) is 6.61 Å². The Bertz CT molecular complexity index is 551. The molecule has 1 N–H and O–H groups in total. The number of alkyl halides is 1. The van der Waals surface area contributed by atoms with Crippen molar-refractivity contribution in [3.8, 4) is 0 Å². The first-order chi connectivity index (χ1) is 12.0. The van der Waals surface area contributed by atoms with Crippen molar-refractivity contribution in [1.82, 2.24) is 0 Å². The summed E-state index contributed by atoms with van der Waals surface area (Å²) in [6.45, 7) is 3.38. The Morgan fingerprint density at radius 2 is 1.35 bits per heavy atom. The molecule has 1 saturated heterocycles. The fraction of sp³-hybridized carbons (Fsp3) is 0.733. The van der Waals surface area contributed by atoms with Crippen molar-refractivity contribution < 1.29 is 52.4 Å². The van der Waals surface area contributed by atoms with E-state index in [1.165, 1.54) is 0 Å². The van der Waals surface area contributed by atoms with E-state index in [2.05, 4.69) is 4.74 Å². The molecule has 1 rings (SSSR count). The van der Waals surface area contributed by atoms with Gasteiger partial charge in [0.05, 0.1) is 0 Å². The van der Waals surface area contributed by atoms with E-state index in [9.17, 15) is 28.7 Å². The van der Waals surface area contributed by atoms with Crippen molar-refractivity contribution in [2.24, 2.45) is 0 Å². The van der Waals surface area contributed by atoms with E-state index in [1.54, 1.807) is 0 Å². The van der Waals surface area contributed by atoms with Crippen molar-refractivity contribution in [1.29, 1.82) is 0 Å². The fourth-order valence-electron chi connectivity index (χ4n) is 2.40. The third-order valence-corrected chi connectivity index (χ3v) is 3.26. The number of hydrogen-bond acceptors (Lipinski definition) is 10. The summed E-state index contributed by atoms with van der Waals surface area (Å²) in [5, 5.41) is 10.0. The number of rotatable bonds is 6. The van der Waals surface area contributed by atoms with Crippen molar-refractivity contribution in [2.45, 2.75) is 64.6 Å². The van der Waals surface area contributed by atoms with E-state index < -0.39 is 67.4 Å². The number of halogens is 1. The highest BCUT2D eigenvalue weighted by atomic mass is 19.1. The molecule has 0 aromatic heterocycles. The largest absolute Gasteiger partial charge is 0.463 e. The number of carbonyl (C=O) groups excluding carboxylic acids is 4. The Hall–Kier alpha value is -2.27. The topological polar surface area (TPSA) is 135 Å². The van der Waals surface area contributed by atoms with Gasteiger partial charge in [0.1, 0.15) is 12.7 Å². The van der Waals surface area contributed by atoms with Gasteiger partial charge in [-0.1, -0.05) is 0 Å². The Labute approximate surface area is 148 Å². The quantitative estimate of drug-likeness (QED) is 0.470. The lowest BCUT2D eigenvalue weighted by atomic mass is 9.95. The zero-order valence-electron chi connectivity index (χ0n) is 14.7. The molecule has 0 amide bonds. The van der Waals surface area contributed by atoms with Gasteiger partial charge in [-0.2, -0.15) is 0 Å². The van der Waals surface area contributed by atoms with Crippen LogP contribution in [0.25, 0.3) is 0 Å². The summed E-state index contributed by atoms with van der Waals surface area (Å²) in [5.74, 6) is -3.32. The van der Waals surface area contributed by atoms with Gasteiger partial charge in [0.2, 0.25) is 0 Å². The minimum atomic E-state index is -2.03. The summed E-state index contributed by atoms with van der Waals surface area (Å²) < 4.78 is 38.9. The average molecular weight is 380 g/mol. The van der Waals surface area contributed by atoms with E-state index in [4.69, 9.17) is 18.9 Å². The van der Waals surface area contributed by atoms with Crippen molar-refractivity contribution >= 4 is 23.9 Å². The van der Waals surface area contributed by atoms with Gasteiger partial charge in [-0.15, -0.1) is 0 Å². The Kier molecular flexibility index (Phi) is 7.90. The number of carbonyl (C=O) groups is 4. The highest BCUT2D eigenvalue weighted by Crippen LogP contribution is 2.30. The molecule has 1 aliphatic heterocycles. The van der Waals surface area contributed by atoms with Crippen LogP contribution in [-0.2, 0) is 42.9 Å². The number of aliphatic hydroxyl groups excluding tert-OH is 1. The van der Waals surface area contributed by atoms with Gasteiger partial charge in [-0.25, -0.2) is 4.39 Å². The van der Waals surface area contributed by atoms with Crippen LogP contribution in [0.15, 0.2) is 0 Å². The molecule has 148 valence electrons. The normalized spacial score (nSPS) is 29.2. The second-order valence-electron chi connectivity index (χ2n) is 5.53. The summed E-state index contributed by atoms with van der Waals surface area (Å²) in [5.41, 5.74) is 0. The van der Waals surface area contributed by atoms with Crippen molar-refractivity contribution in [3.05, 3.63) is 0 Å². The van der Waals surface area contributed by atoms with Crippen LogP contribution >= 0.6 is 0 Å². The molecular formula is C15H21FO10. The highest BCUT2D eigenvalue weighted by molar-refractivity contribution is 5.68. The maximum Gasteiger partial charge on any atom is 0.303 e. The third-order valence-electron chi connectivity index (χ3n) is 3.26. The number of hydrogen-bond donors (Lipinski definition) is 1. The molecule has 0 aromatic carbocycles. The van der Waals surface area contributed by atoms with Gasteiger partial charge in [0, 0.05) is 27.7 Å². The zero-order chi connectivity index (χ0) is 20.0. The van der Waals surface area contributed by atoms with E-state index in [0.717, 1.165) is 27.7 Å². The molecule has 0 radical (unpaired) electrons. The summed E-state index contributed by atoms with van der Waals surface area (Å²) in [6.07, 6.45) is -10.2. The standard InChI is InChI=1S/C15H21FO10/c1-6(17)22-5-10(16)11-12(23-7(2)18)13(24-8(3)19)14(15(21)26-11)25-9(4)20/h10-15,21H,5H2,1-4H3/t10-,11?,12?,13?,14?,15?/m0/s1. The van der Waals surface area contributed by atoms with E-state index >= 15 is 0 Å². The maximum atomic E-state index is 14.5. The van der Waals surface area contributed by atoms with Crippen LogP contribution < -0.4 is 0 Å². The van der Waals surface area contributed by atoms with Gasteiger partial charge in [-0.05, 0) is 0 Å². The first-order valence-electron chi connectivity index (χ1n) is 7.65. The lowest BCUT2D eigenvalue weighted by Crippen LogP contribution is -2.63. The summed E-state index contributed by atoms with van der Waals surface area (Å²) in [7, 11) is 0. The predicted octanol–water partition coefficient (Wildman–Crippen LogP) is -0.600. The molecule has 11 heteroatoms. The maximum absolute atomic E-state index is 14.5. The zero-order valence-corrected chi connectivity index (χ0v) is 14.7. The van der Waals surface area contributed by atoms with Crippen LogP contribution in [0.3, 0.4) is 0 Å². The van der Waals surface area contributed by atoms with Gasteiger partial charge in [0.25, 0.3) is 0 Å². The molecule has 26 heavy (non-hydrogen) atoms. The summed E-state index contributed by atoms with van der Waals surface area (Å²) >= 11 is 0. The van der Waals surface area contributed by atoms with Gasteiger partial charge < -0.3 is 28.8 Å². The fourth-order valence-corrected chi connectivity index (χ4v) is 2.40. The van der Waals surface area contributed by atoms with Crippen LogP contribution in [0.5, 0.6) is 0 Å². The van der Waals surface area contributed by atoms with E-state index in [-0.39, 0.29) is 0 Å². The first-order valence-corrected chi connectivity index (χ1v) is 7.65. The monoisotopic (exact) mass is 380 g/mol. The Morgan fingerprint density at radius 1 is 0.885 bits per heavy atom. The number of aliphatic hydroxyl groups is 1. The number of ether oxygens (including phenoxy) is 5. The molecule has 1 aliphatic rings. The molecule has 5 unspecified atom stereocenters. The molecule has 0 bridgehead atoms. The van der Waals surface area contributed by atoms with Crippen LogP contribution in [0.1, 0.15) is 27.7 Å². The van der Waals surface area contributed by atoms with E-state index in [0.29, 0.717) is 0 Å². The van der Waals surface area contributed by atoms with Gasteiger partial charge >= 0.3 is 23.9 Å². The minimum absolute atomic E-state index is 0.754. The molecule has 1 heterocycles. The average Bonchev–Trinajstić information content (AvgIpc) is 2.49. The molecule has 10 nitrogen and oxygen atoms in total. The molecular weight excluding hydrogens is 359 g/mol. The van der Waals surface area contributed by atoms with Gasteiger partial charge in [-0.3, -0.25) is 19.2 Å². The molecule has 1 fully saturated rings. The summed E-state index contributed by atoms with van der Waals surface area (Å²) in [4.78, 5) is 44.9. The second kappa shape index (κ2) is 9.43. The van der Waals surface area contributed by atoms with Crippen LogP contribution in [0.4, 0.5) is 4.39 Å². The lowest BCUT2D eigenvalue weighted by molar-refractivity contribution is -0.301. The summed E-state index contributed by atoms with van der Waals surface area (Å²) in [6, 6.07) is 0. The van der Waals surface area contributed by atoms with Crippen LogP contribution in [0.2, 0.25) is 0 Å². The Balaban J connectivity index is 3.16. The van der Waals surface area contributed by atoms with Crippen molar-refractivity contribution in [3.63, 3.8) is 0 Å². The van der Waals surface area contributed by atoms with Crippen LogP contribution in [0, 0.1) is 0 Å². The minimum Gasteiger partial charge on any atom is -0.463 e.